The van der Waals surface area contributed by atoms with Crippen molar-refractivity contribution in [2.45, 2.75) is 45.8 Å². The van der Waals surface area contributed by atoms with Gasteiger partial charge in [0.15, 0.2) is 0 Å². The molecule has 0 heterocycles. The van der Waals surface area contributed by atoms with Crippen LogP contribution in [0.2, 0.25) is 0 Å². The van der Waals surface area contributed by atoms with Crippen LogP contribution in [0.1, 0.15) is 44.5 Å². The lowest BCUT2D eigenvalue weighted by Gasteiger charge is -2.22. The maximum absolute atomic E-state index is 12.2. The van der Waals surface area contributed by atoms with Crippen LogP contribution in [0.15, 0.2) is 24.3 Å². The van der Waals surface area contributed by atoms with Gasteiger partial charge in [0.25, 0.3) is 11.8 Å². The minimum atomic E-state index is -0.958. The van der Waals surface area contributed by atoms with E-state index in [0.717, 1.165) is 6.42 Å². The van der Waals surface area contributed by atoms with Gasteiger partial charge in [0.05, 0.1) is 11.3 Å². The summed E-state index contributed by atoms with van der Waals surface area (Å²) in [5, 5.41) is 5.64. The number of anilines is 1. The van der Waals surface area contributed by atoms with Gasteiger partial charge >= 0.3 is 0 Å². The van der Waals surface area contributed by atoms with E-state index in [1.807, 2.05) is 13.8 Å². The minimum absolute atomic E-state index is 0.0803. The molecule has 0 fully saturated rings. The molecule has 21 heavy (non-hydrogen) atoms. The predicted octanol–water partition coefficient (Wildman–Crippen LogP) is 2.58. The second kappa shape index (κ2) is 7.22. The molecular formula is C16H24N2O3. The fourth-order valence-corrected chi connectivity index (χ4v) is 1.56. The highest BCUT2D eigenvalue weighted by atomic mass is 16.5. The first-order valence-corrected chi connectivity index (χ1v) is 7.08. The number of para-hydroxylation sites is 1. The van der Waals surface area contributed by atoms with Crippen LogP contribution in [0, 0.1) is 0 Å². The molecule has 1 atom stereocenters. The fraction of sp³-hybridized carbons (Fsp3) is 0.500. The molecule has 2 N–H and O–H groups in total. The van der Waals surface area contributed by atoms with Gasteiger partial charge in [-0.3, -0.25) is 9.59 Å². The first-order valence-electron chi connectivity index (χ1n) is 7.08. The molecule has 2 amide bonds. The molecule has 5 nitrogen and oxygen atoms in total. The number of benzene rings is 1. The van der Waals surface area contributed by atoms with Crippen molar-refractivity contribution in [3.05, 3.63) is 29.8 Å². The Labute approximate surface area is 126 Å². The molecule has 0 aliphatic rings. The van der Waals surface area contributed by atoms with Crippen LogP contribution in [-0.2, 0) is 9.53 Å². The molecule has 0 aliphatic heterocycles. The molecule has 0 aromatic heterocycles. The number of hydrogen-bond acceptors (Lipinski definition) is 3. The van der Waals surface area contributed by atoms with E-state index in [-0.39, 0.29) is 17.9 Å². The van der Waals surface area contributed by atoms with Gasteiger partial charge in [-0.1, -0.05) is 19.1 Å². The standard InChI is InChI=1S/C16H24N2O3/c1-6-11(2)17-14(19)12-9-7-8-10-13(12)18-15(20)16(3,4)21-5/h7-11H,6H2,1-5H3,(H,17,19)(H,18,20). The van der Waals surface area contributed by atoms with Crippen molar-refractivity contribution in [2.75, 3.05) is 12.4 Å². The van der Waals surface area contributed by atoms with Gasteiger partial charge in [0.1, 0.15) is 5.60 Å². The molecule has 0 radical (unpaired) electrons. The topological polar surface area (TPSA) is 67.4 Å². The van der Waals surface area contributed by atoms with E-state index in [1.54, 1.807) is 38.1 Å². The second-order valence-electron chi connectivity index (χ2n) is 5.50. The summed E-state index contributed by atoms with van der Waals surface area (Å²) in [5.41, 5.74) is -0.0354. The Bertz CT molecular complexity index is 512. The van der Waals surface area contributed by atoms with E-state index in [9.17, 15) is 9.59 Å². The fourth-order valence-electron chi connectivity index (χ4n) is 1.56. The van der Waals surface area contributed by atoms with Crippen LogP contribution in [0.5, 0.6) is 0 Å². The van der Waals surface area contributed by atoms with Crippen molar-refractivity contribution in [1.29, 1.82) is 0 Å². The normalized spacial score (nSPS) is 12.6. The van der Waals surface area contributed by atoms with E-state index in [4.69, 9.17) is 4.74 Å². The monoisotopic (exact) mass is 292 g/mol. The highest BCUT2D eigenvalue weighted by molar-refractivity contribution is 6.05. The van der Waals surface area contributed by atoms with Crippen molar-refractivity contribution in [2.24, 2.45) is 0 Å². The Balaban J connectivity index is 2.95. The summed E-state index contributed by atoms with van der Waals surface area (Å²) >= 11 is 0. The lowest BCUT2D eigenvalue weighted by Crippen LogP contribution is -2.39. The van der Waals surface area contributed by atoms with Gasteiger partial charge in [-0.05, 0) is 39.3 Å². The van der Waals surface area contributed by atoms with Crippen LogP contribution in [-0.4, -0.2) is 30.6 Å². The number of carbonyl (C=O) groups is 2. The zero-order valence-corrected chi connectivity index (χ0v) is 13.3. The van der Waals surface area contributed by atoms with E-state index >= 15 is 0 Å². The molecule has 1 unspecified atom stereocenters. The summed E-state index contributed by atoms with van der Waals surface area (Å²) in [7, 11) is 1.47. The smallest absolute Gasteiger partial charge is 0.256 e. The third-order valence-corrected chi connectivity index (χ3v) is 3.47. The van der Waals surface area contributed by atoms with E-state index < -0.39 is 5.60 Å². The van der Waals surface area contributed by atoms with Crippen molar-refractivity contribution < 1.29 is 14.3 Å². The first-order chi connectivity index (χ1) is 9.81. The average Bonchev–Trinajstić information content (AvgIpc) is 2.47. The minimum Gasteiger partial charge on any atom is -0.369 e. The molecule has 5 heteroatoms. The third kappa shape index (κ3) is 4.56. The molecular weight excluding hydrogens is 268 g/mol. The zero-order chi connectivity index (χ0) is 16.0. The van der Waals surface area contributed by atoms with Gasteiger partial charge < -0.3 is 15.4 Å². The van der Waals surface area contributed by atoms with Crippen LogP contribution < -0.4 is 10.6 Å². The lowest BCUT2D eigenvalue weighted by atomic mass is 10.1. The van der Waals surface area contributed by atoms with Gasteiger partial charge in [-0.15, -0.1) is 0 Å². The Morgan fingerprint density at radius 1 is 1.29 bits per heavy atom. The van der Waals surface area contributed by atoms with Crippen LogP contribution in [0.3, 0.4) is 0 Å². The predicted molar refractivity (Wildman–Crippen MR) is 83.4 cm³/mol. The number of nitrogens with one attached hydrogen (secondary N) is 2. The number of rotatable bonds is 6. The van der Waals surface area contributed by atoms with Crippen LogP contribution in [0.25, 0.3) is 0 Å². The summed E-state index contributed by atoms with van der Waals surface area (Å²) in [5.74, 6) is -0.496. The highest BCUT2D eigenvalue weighted by Crippen LogP contribution is 2.18. The lowest BCUT2D eigenvalue weighted by molar-refractivity contribution is -0.133. The molecule has 1 aromatic rings. The second-order valence-corrected chi connectivity index (χ2v) is 5.50. The molecule has 116 valence electrons. The van der Waals surface area contributed by atoms with E-state index in [2.05, 4.69) is 10.6 Å². The number of hydrogen-bond donors (Lipinski definition) is 2. The van der Waals surface area contributed by atoms with Crippen LogP contribution in [0.4, 0.5) is 5.69 Å². The molecule has 0 saturated heterocycles. The Morgan fingerprint density at radius 2 is 1.90 bits per heavy atom. The number of methoxy groups -OCH3 is 1. The maximum atomic E-state index is 12.2. The Kier molecular flexibility index (Phi) is 5.90. The maximum Gasteiger partial charge on any atom is 0.256 e. The molecule has 1 aromatic carbocycles. The summed E-state index contributed by atoms with van der Waals surface area (Å²) in [6.45, 7) is 7.28. The quantitative estimate of drug-likeness (QED) is 0.847. The van der Waals surface area contributed by atoms with E-state index in [0.29, 0.717) is 11.3 Å². The van der Waals surface area contributed by atoms with Crippen molar-refractivity contribution in [3.8, 4) is 0 Å². The zero-order valence-electron chi connectivity index (χ0n) is 13.3. The van der Waals surface area contributed by atoms with Gasteiger partial charge in [0, 0.05) is 13.2 Å². The highest BCUT2D eigenvalue weighted by Gasteiger charge is 2.28. The van der Waals surface area contributed by atoms with Crippen molar-refractivity contribution in [1.82, 2.24) is 5.32 Å². The molecule has 1 rings (SSSR count). The molecule has 0 bridgehead atoms. The van der Waals surface area contributed by atoms with Gasteiger partial charge in [-0.25, -0.2) is 0 Å². The largest absolute Gasteiger partial charge is 0.369 e. The summed E-state index contributed by atoms with van der Waals surface area (Å²) in [6, 6.07) is 7.01. The van der Waals surface area contributed by atoms with Crippen molar-refractivity contribution >= 4 is 17.5 Å². The third-order valence-electron chi connectivity index (χ3n) is 3.47. The Morgan fingerprint density at radius 3 is 2.48 bits per heavy atom. The first kappa shape index (κ1) is 17.2. The Hall–Kier alpha value is -1.88. The number of carbonyl (C=O) groups excluding carboxylic acids is 2. The van der Waals surface area contributed by atoms with Crippen LogP contribution >= 0.6 is 0 Å². The summed E-state index contributed by atoms with van der Waals surface area (Å²) in [6.07, 6.45) is 0.844. The van der Waals surface area contributed by atoms with E-state index in [1.165, 1.54) is 7.11 Å². The summed E-state index contributed by atoms with van der Waals surface area (Å²) in [4.78, 5) is 24.4. The number of ether oxygens (including phenoxy) is 1. The van der Waals surface area contributed by atoms with Gasteiger partial charge in [0.2, 0.25) is 0 Å². The van der Waals surface area contributed by atoms with Crippen molar-refractivity contribution in [3.63, 3.8) is 0 Å². The molecule has 0 spiro atoms. The molecule has 0 saturated carbocycles. The summed E-state index contributed by atoms with van der Waals surface area (Å²) < 4.78 is 5.14. The average molecular weight is 292 g/mol. The van der Waals surface area contributed by atoms with Gasteiger partial charge in [-0.2, -0.15) is 0 Å². The number of amides is 2. The SMILES string of the molecule is CCC(C)NC(=O)c1ccccc1NC(=O)C(C)(C)OC. The molecule has 0 aliphatic carbocycles.